The van der Waals surface area contributed by atoms with E-state index in [9.17, 15) is 0 Å². The van der Waals surface area contributed by atoms with Gasteiger partial charge in [0.1, 0.15) is 0 Å². The number of rotatable bonds is 8. The molecule has 1 aliphatic heterocycles. The van der Waals surface area contributed by atoms with Gasteiger partial charge in [-0.25, -0.2) is 0 Å². The SMILES string of the molecule is C=C/C=C\C(=C)NCC[C@@H]1CN(Cc2ccccc2)CCN1. The summed E-state index contributed by atoms with van der Waals surface area (Å²) < 4.78 is 0. The maximum absolute atomic E-state index is 3.97. The molecular weight excluding hydrogens is 270 g/mol. The minimum absolute atomic E-state index is 0.543. The third-order valence-electron chi connectivity index (χ3n) is 3.87. The number of allylic oxidation sites excluding steroid dienone is 3. The summed E-state index contributed by atoms with van der Waals surface area (Å²) in [6.45, 7) is 12.9. The first-order chi connectivity index (χ1) is 10.8. The summed E-state index contributed by atoms with van der Waals surface area (Å²) in [6.07, 6.45) is 6.71. The molecule has 0 aromatic heterocycles. The number of piperazine rings is 1. The van der Waals surface area contributed by atoms with Crippen molar-refractivity contribution in [3.05, 3.63) is 73.0 Å². The zero-order valence-corrected chi connectivity index (χ0v) is 13.3. The minimum atomic E-state index is 0.543. The van der Waals surface area contributed by atoms with Gasteiger partial charge in [0.25, 0.3) is 0 Å². The van der Waals surface area contributed by atoms with Crippen LogP contribution in [0.2, 0.25) is 0 Å². The molecule has 1 atom stereocenters. The molecule has 2 rings (SSSR count). The second kappa shape index (κ2) is 9.23. The van der Waals surface area contributed by atoms with E-state index in [1.807, 2.05) is 12.2 Å². The Hall–Kier alpha value is -1.84. The summed E-state index contributed by atoms with van der Waals surface area (Å²) in [5, 5.41) is 6.95. The maximum atomic E-state index is 3.97. The number of benzene rings is 1. The summed E-state index contributed by atoms with van der Waals surface area (Å²) in [7, 11) is 0. The van der Waals surface area contributed by atoms with Crippen molar-refractivity contribution in [2.24, 2.45) is 0 Å². The van der Waals surface area contributed by atoms with Crippen LogP contribution in [0, 0.1) is 0 Å². The minimum Gasteiger partial charge on any atom is -0.385 e. The second-order valence-corrected chi connectivity index (χ2v) is 5.71. The van der Waals surface area contributed by atoms with Gasteiger partial charge in [0.2, 0.25) is 0 Å². The highest BCUT2D eigenvalue weighted by Crippen LogP contribution is 2.08. The van der Waals surface area contributed by atoms with Crippen molar-refractivity contribution in [1.29, 1.82) is 0 Å². The van der Waals surface area contributed by atoms with Crippen molar-refractivity contribution in [2.75, 3.05) is 26.2 Å². The van der Waals surface area contributed by atoms with Crippen LogP contribution in [0.4, 0.5) is 0 Å². The van der Waals surface area contributed by atoms with Crippen molar-refractivity contribution in [1.82, 2.24) is 15.5 Å². The molecule has 0 radical (unpaired) electrons. The van der Waals surface area contributed by atoms with Gasteiger partial charge in [0, 0.05) is 44.5 Å². The first-order valence-electron chi connectivity index (χ1n) is 7.99. The fourth-order valence-corrected chi connectivity index (χ4v) is 2.72. The van der Waals surface area contributed by atoms with Crippen molar-refractivity contribution >= 4 is 0 Å². The molecule has 3 heteroatoms. The molecule has 1 aliphatic rings. The Kier molecular flexibility index (Phi) is 6.94. The van der Waals surface area contributed by atoms with Gasteiger partial charge in [-0.1, -0.05) is 55.6 Å². The lowest BCUT2D eigenvalue weighted by Gasteiger charge is -2.34. The lowest BCUT2D eigenvalue weighted by Crippen LogP contribution is -2.50. The normalized spacial score (nSPS) is 19.2. The third-order valence-corrected chi connectivity index (χ3v) is 3.87. The predicted molar refractivity (Wildman–Crippen MR) is 94.6 cm³/mol. The zero-order chi connectivity index (χ0) is 15.6. The van der Waals surface area contributed by atoms with Crippen LogP contribution in [0.3, 0.4) is 0 Å². The van der Waals surface area contributed by atoms with Gasteiger partial charge in [-0.2, -0.15) is 0 Å². The van der Waals surface area contributed by atoms with E-state index in [0.717, 1.165) is 44.8 Å². The highest BCUT2D eigenvalue weighted by atomic mass is 15.2. The molecule has 0 amide bonds. The van der Waals surface area contributed by atoms with Crippen LogP contribution in [-0.4, -0.2) is 37.1 Å². The molecule has 0 spiro atoms. The van der Waals surface area contributed by atoms with E-state index in [1.54, 1.807) is 6.08 Å². The van der Waals surface area contributed by atoms with Crippen LogP contribution in [0.25, 0.3) is 0 Å². The van der Waals surface area contributed by atoms with Crippen molar-refractivity contribution in [2.45, 2.75) is 19.0 Å². The second-order valence-electron chi connectivity index (χ2n) is 5.71. The molecule has 1 aromatic rings. The fourth-order valence-electron chi connectivity index (χ4n) is 2.72. The highest BCUT2D eigenvalue weighted by Gasteiger charge is 2.18. The van der Waals surface area contributed by atoms with Gasteiger partial charge >= 0.3 is 0 Å². The van der Waals surface area contributed by atoms with Crippen LogP contribution in [0.15, 0.2) is 67.4 Å². The summed E-state index contributed by atoms with van der Waals surface area (Å²) >= 11 is 0. The highest BCUT2D eigenvalue weighted by molar-refractivity contribution is 5.16. The molecule has 1 aromatic carbocycles. The largest absolute Gasteiger partial charge is 0.385 e. The monoisotopic (exact) mass is 297 g/mol. The molecule has 0 aliphatic carbocycles. The van der Waals surface area contributed by atoms with Crippen LogP contribution >= 0.6 is 0 Å². The Morgan fingerprint density at radius 1 is 1.36 bits per heavy atom. The lowest BCUT2D eigenvalue weighted by atomic mass is 10.1. The molecule has 22 heavy (non-hydrogen) atoms. The Bertz CT molecular complexity index is 493. The van der Waals surface area contributed by atoms with Gasteiger partial charge in [-0.3, -0.25) is 4.90 Å². The summed E-state index contributed by atoms with van der Waals surface area (Å²) in [5.41, 5.74) is 2.33. The molecule has 0 saturated carbocycles. The summed E-state index contributed by atoms with van der Waals surface area (Å²) in [4.78, 5) is 2.53. The van der Waals surface area contributed by atoms with Gasteiger partial charge in [0.05, 0.1) is 0 Å². The first kappa shape index (κ1) is 16.5. The Balaban J connectivity index is 1.70. The number of hydrogen-bond donors (Lipinski definition) is 2. The topological polar surface area (TPSA) is 27.3 Å². The molecule has 1 saturated heterocycles. The Morgan fingerprint density at radius 3 is 2.95 bits per heavy atom. The van der Waals surface area contributed by atoms with Gasteiger partial charge in [0.15, 0.2) is 0 Å². The maximum Gasteiger partial charge on any atom is 0.0267 e. The van der Waals surface area contributed by atoms with E-state index in [-0.39, 0.29) is 0 Å². The van der Waals surface area contributed by atoms with E-state index in [2.05, 4.69) is 59.0 Å². The molecule has 2 N–H and O–H groups in total. The summed E-state index contributed by atoms with van der Waals surface area (Å²) in [5.74, 6) is 0. The molecule has 118 valence electrons. The summed E-state index contributed by atoms with van der Waals surface area (Å²) in [6, 6.07) is 11.2. The molecule has 1 fully saturated rings. The van der Waals surface area contributed by atoms with Crippen molar-refractivity contribution in [3.8, 4) is 0 Å². The number of nitrogens with one attached hydrogen (secondary N) is 2. The Labute approximate surface area is 134 Å². The number of nitrogens with zero attached hydrogens (tertiary/aromatic N) is 1. The van der Waals surface area contributed by atoms with Crippen LogP contribution in [-0.2, 0) is 6.54 Å². The van der Waals surface area contributed by atoms with E-state index >= 15 is 0 Å². The quantitative estimate of drug-likeness (QED) is 0.723. The van der Waals surface area contributed by atoms with Crippen molar-refractivity contribution < 1.29 is 0 Å². The molecular formula is C19H27N3. The van der Waals surface area contributed by atoms with Gasteiger partial charge < -0.3 is 10.6 Å². The van der Waals surface area contributed by atoms with Gasteiger partial charge in [-0.05, 0) is 18.1 Å². The van der Waals surface area contributed by atoms with Crippen LogP contribution in [0.1, 0.15) is 12.0 Å². The van der Waals surface area contributed by atoms with E-state index in [0.29, 0.717) is 6.04 Å². The standard InChI is InChI=1S/C19H27N3/c1-3-4-8-17(2)20-12-11-19-16-22(14-13-21-19)15-18-9-6-5-7-10-18/h3-10,19-21H,1-2,11-16H2/b8-4-/t19-/m1/s1. The van der Waals surface area contributed by atoms with Crippen LogP contribution < -0.4 is 10.6 Å². The Morgan fingerprint density at radius 2 is 2.18 bits per heavy atom. The van der Waals surface area contributed by atoms with Gasteiger partial charge in [-0.15, -0.1) is 0 Å². The van der Waals surface area contributed by atoms with E-state index < -0.39 is 0 Å². The number of hydrogen-bond acceptors (Lipinski definition) is 3. The predicted octanol–water partition coefficient (Wildman–Crippen LogP) is 2.70. The fraction of sp³-hybridized carbons (Fsp3) is 0.368. The average molecular weight is 297 g/mol. The lowest BCUT2D eigenvalue weighted by molar-refractivity contribution is 0.187. The van der Waals surface area contributed by atoms with Crippen LogP contribution in [0.5, 0.6) is 0 Å². The van der Waals surface area contributed by atoms with Crippen molar-refractivity contribution in [3.63, 3.8) is 0 Å². The third kappa shape index (κ3) is 5.88. The molecule has 1 heterocycles. The van der Waals surface area contributed by atoms with E-state index in [1.165, 1.54) is 5.56 Å². The van der Waals surface area contributed by atoms with E-state index in [4.69, 9.17) is 0 Å². The molecule has 0 bridgehead atoms. The first-order valence-corrected chi connectivity index (χ1v) is 7.99. The molecule has 0 unspecified atom stereocenters. The zero-order valence-electron chi connectivity index (χ0n) is 13.3. The average Bonchev–Trinajstić information content (AvgIpc) is 2.54. The smallest absolute Gasteiger partial charge is 0.0267 e. The molecule has 3 nitrogen and oxygen atoms in total.